The van der Waals surface area contributed by atoms with E-state index in [9.17, 15) is 14.4 Å². The molecule has 7 nitrogen and oxygen atoms in total. The van der Waals surface area contributed by atoms with Crippen molar-refractivity contribution in [2.45, 2.75) is 13.0 Å². The zero-order valence-electron chi connectivity index (χ0n) is 16.9. The minimum Gasteiger partial charge on any atom is -0.481 e. The number of para-hydroxylation sites is 2. The number of nitrogens with two attached hydrogens (primary N) is 1. The Bertz CT molecular complexity index is 1080. The average Bonchev–Trinajstić information content (AvgIpc) is 2.78. The lowest BCUT2D eigenvalue weighted by molar-refractivity contribution is -0.155. The number of hydrogen-bond acceptors (Lipinski definition) is 5. The molecular formula is C24H22N2O5. The predicted octanol–water partition coefficient (Wildman–Crippen LogP) is 3.40. The number of anilines is 1. The maximum Gasteiger partial charge on any atom is 0.344 e. The van der Waals surface area contributed by atoms with Crippen LogP contribution in [0.2, 0.25) is 0 Å². The van der Waals surface area contributed by atoms with Crippen molar-refractivity contribution in [3.05, 3.63) is 84.4 Å². The number of hydrogen-bond donors (Lipinski definition) is 2. The molecule has 2 amide bonds. The molecule has 0 unspecified atom stereocenters. The maximum absolute atomic E-state index is 12.6. The first-order chi connectivity index (χ1) is 15.0. The van der Waals surface area contributed by atoms with Crippen LogP contribution < -0.4 is 15.8 Å². The van der Waals surface area contributed by atoms with Crippen LogP contribution in [0.4, 0.5) is 5.69 Å². The monoisotopic (exact) mass is 418 g/mol. The highest BCUT2D eigenvalue weighted by atomic mass is 16.6. The quantitative estimate of drug-likeness (QED) is 0.545. The number of benzene rings is 3. The summed E-state index contributed by atoms with van der Waals surface area (Å²) in [6.07, 6.45) is -1.05. The highest BCUT2D eigenvalue weighted by Crippen LogP contribution is 2.27. The molecule has 3 aromatic carbocycles. The molecule has 1 atom stereocenters. The topological polar surface area (TPSA) is 108 Å². The zero-order valence-corrected chi connectivity index (χ0v) is 16.9. The number of rotatable bonds is 8. The van der Waals surface area contributed by atoms with Gasteiger partial charge in [-0.25, -0.2) is 4.79 Å². The second kappa shape index (κ2) is 10.1. The van der Waals surface area contributed by atoms with Gasteiger partial charge in [0, 0.05) is 11.3 Å². The molecule has 3 aromatic rings. The van der Waals surface area contributed by atoms with E-state index in [0.717, 1.165) is 11.1 Å². The van der Waals surface area contributed by atoms with E-state index in [1.54, 1.807) is 18.2 Å². The van der Waals surface area contributed by atoms with Gasteiger partial charge >= 0.3 is 5.97 Å². The fraction of sp³-hybridized carbons (Fsp3) is 0.125. The van der Waals surface area contributed by atoms with Gasteiger partial charge in [0.05, 0.1) is 5.56 Å². The molecule has 7 heteroatoms. The first-order valence-electron chi connectivity index (χ1n) is 9.62. The smallest absolute Gasteiger partial charge is 0.344 e. The summed E-state index contributed by atoms with van der Waals surface area (Å²) in [6.45, 7) is 0.998. The molecule has 0 saturated carbocycles. The van der Waals surface area contributed by atoms with Crippen LogP contribution in [-0.2, 0) is 14.3 Å². The first-order valence-corrected chi connectivity index (χ1v) is 9.62. The highest BCUT2D eigenvalue weighted by molar-refractivity contribution is 5.98. The lowest BCUT2D eigenvalue weighted by Gasteiger charge is -2.16. The molecule has 158 valence electrons. The van der Waals surface area contributed by atoms with Gasteiger partial charge in [0.15, 0.2) is 12.7 Å². The summed E-state index contributed by atoms with van der Waals surface area (Å²) < 4.78 is 10.5. The molecule has 3 rings (SSSR count). The Labute approximate surface area is 179 Å². The molecule has 31 heavy (non-hydrogen) atoms. The van der Waals surface area contributed by atoms with Crippen LogP contribution in [0, 0.1) is 0 Å². The van der Waals surface area contributed by atoms with Crippen LogP contribution in [-0.4, -0.2) is 30.5 Å². The summed E-state index contributed by atoms with van der Waals surface area (Å²) in [7, 11) is 0. The van der Waals surface area contributed by atoms with Crippen molar-refractivity contribution in [1.82, 2.24) is 0 Å². The molecule has 0 aliphatic carbocycles. The molecule has 0 saturated heterocycles. The van der Waals surface area contributed by atoms with Crippen molar-refractivity contribution in [2.75, 3.05) is 11.9 Å². The molecule has 0 aliphatic heterocycles. The number of carbonyl (C=O) groups excluding carboxylic acids is 3. The summed E-state index contributed by atoms with van der Waals surface area (Å²) in [5.74, 6) is -1.73. The average molecular weight is 418 g/mol. The summed E-state index contributed by atoms with van der Waals surface area (Å²) >= 11 is 0. The third kappa shape index (κ3) is 5.70. The van der Waals surface area contributed by atoms with Crippen LogP contribution in [0.25, 0.3) is 11.1 Å². The maximum atomic E-state index is 12.6. The molecule has 0 fully saturated rings. The minimum absolute atomic E-state index is 0.151. The van der Waals surface area contributed by atoms with Gasteiger partial charge in [0.2, 0.25) is 0 Å². The van der Waals surface area contributed by atoms with Gasteiger partial charge < -0.3 is 20.5 Å². The first kappa shape index (κ1) is 21.6. The van der Waals surface area contributed by atoms with Crippen molar-refractivity contribution < 1.29 is 23.9 Å². The Balaban J connectivity index is 1.59. The number of primary amides is 1. The third-order valence-electron chi connectivity index (χ3n) is 4.45. The Kier molecular flexibility index (Phi) is 7.01. The molecule has 0 radical (unpaired) electrons. The third-order valence-corrected chi connectivity index (χ3v) is 4.45. The fourth-order valence-corrected chi connectivity index (χ4v) is 2.91. The number of ether oxygens (including phenoxy) is 2. The van der Waals surface area contributed by atoms with Crippen LogP contribution in [0.15, 0.2) is 78.9 Å². The second-order valence-corrected chi connectivity index (χ2v) is 6.68. The minimum atomic E-state index is -1.05. The van der Waals surface area contributed by atoms with Gasteiger partial charge in [0.25, 0.3) is 11.8 Å². The van der Waals surface area contributed by atoms with E-state index in [0.29, 0.717) is 5.69 Å². The lowest BCUT2D eigenvalue weighted by atomic mass is 10.0. The van der Waals surface area contributed by atoms with E-state index in [1.165, 1.54) is 19.1 Å². The fourth-order valence-electron chi connectivity index (χ4n) is 2.91. The van der Waals surface area contributed by atoms with E-state index in [2.05, 4.69) is 5.32 Å². The number of esters is 1. The Hall–Kier alpha value is -4.13. The highest BCUT2D eigenvalue weighted by Gasteiger charge is 2.20. The van der Waals surface area contributed by atoms with Crippen LogP contribution >= 0.6 is 0 Å². The standard InChI is InChI=1S/C24H22N2O5/c1-16(31-22(27)15-30-21-14-8-6-12-19(21)23(25)28)24(29)26-20-13-7-5-11-18(20)17-9-3-2-4-10-17/h2-14,16H,15H2,1H3,(H2,25,28)(H,26,29)/t16-/m0/s1. The van der Waals surface area contributed by atoms with E-state index >= 15 is 0 Å². The predicted molar refractivity (Wildman–Crippen MR) is 117 cm³/mol. The number of nitrogens with one attached hydrogen (secondary N) is 1. The number of carbonyl (C=O) groups is 3. The molecule has 0 heterocycles. The van der Waals surface area contributed by atoms with E-state index in [4.69, 9.17) is 15.2 Å². The lowest BCUT2D eigenvalue weighted by Crippen LogP contribution is -2.32. The van der Waals surface area contributed by atoms with Crippen molar-refractivity contribution in [1.29, 1.82) is 0 Å². The van der Waals surface area contributed by atoms with Crippen LogP contribution in [0.3, 0.4) is 0 Å². The van der Waals surface area contributed by atoms with Gasteiger partial charge in [-0.15, -0.1) is 0 Å². The molecule has 0 spiro atoms. The number of amides is 2. The summed E-state index contributed by atoms with van der Waals surface area (Å²) in [5.41, 5.74) is 7.83. The van der Waals surface area contributed by atoms with E-state index in [1.807, 2.05) is 48.5 Å². The van der Waals surface area contributed by atoms with Crippen LogP contribution in [0.1, 0.15) is 17.3 Å². The molecule has 0 bridgehead atoms. The largest absolute Gasteiger partial charge is 0.481 e. The SMILES string of the molecule is C[C@H](OC(=O)COc1ccccc1C(N)=O)C(=O)Nc1ccccc1-c1ccccc1. The van der Waals surface area contributed by atoms with Crippen LogP contribution in [0.5, 0.6) is 5.75 Å². The van der Waals surface area contributed by atoms with Gasteiger partial charge in [-0.05, 0) is 30.7 Å². The van der Waals surface area contributed by atoms with Crippen molar-refractivity contribution >= 4 is 23.5 Å². The Morgan fingerprint density at radius 2 is 1.55 bits per heavy atom. The normalized spacial score (nSPS) is 11.3. The van der Waals surface area contributed by atoms with Gasteiger partial charge in [-0.2, -0.15) is 0 Å². The van der Waals surface area contributed by atoms with Crippen molar-refractivity contribution in [3.8, 4) is 16.9 Å². The zero-order chi connectivity index (χ0) is 22.2. The van der Waals surface area contributed by atoms with Gasteiger partial charge in [0.1, 0.15) is 5.75 Å². The summed E-state index contributed by atoms with van der Waals surface area (Å²) in [4.78, 5) is 36.1. The molecule has 0 aliphatic rings. The van der Waals surface area contributed by atoms with E-state index < -0.39 is 30.5 Å². The molecular weight excluding hydrogens is 396 g/mol. The van der Waals surface area contributed by atoms with E-state index in [-0.39, 0.29) is 11.3 Å². The summed E-state index contributed by atoms with van der Waals surface area (Å²) in [6, 6.07) is 23.3. The second-order valence-electron chi connectivity index (χ2n) is 6.68. The molecule has 3 N–H and O–H groups in total. The van der Waals surface area contributed by atoms with Gasteiger partial charge in [-0.1, -0.05) is 60.7 Å². The van der Waals surface area contributed by atoms with Crippen molar-refractivity contribution in [3.63, 3.8) is 0 Å². The Morgan fingerprint density at radius 3 is 2.29 bits per heavy atom. The van der Waals surface area contributed by atoms with Crippen molar-refractivity contribution in [2.24, 2.45) is 5.73 Å². The Morgan fingerprint density at radius 1 is 0.903 bits per heavy atom. The summed E-state index contributed by atoms with van der Waals surface area (Å²) in [5, 5.41) is 2.79. The molecule has 0 aromatic heterocycles. The van der Waals surface area contributed by atoms with Gasteiger partial charge in [-0.3, -0.25) is 9.59 Å².